The quantitative estimate of drug-likeness (QED) is 0.253. The maximum atomic E-state index is 14.5. The first-order chi connectivity index (χ1) is 22.1. The number of carbonyl (C=O) groups excluding carboxylic acids is 4. The summed E-state index contributed by atoms with van der Waals surface area (Å²) in [6.07, 6.45) is 4.77. The van der Waals surface area contributed by atoms with Gasteiger partial charge in [-0.05, 0) is 64.9 Å². The smallest absolute Gasteiger partial charge is 0.324 e. The van der Waals surface area contributed by atoms with Crippen molar-refractivity contribution in [3.8, 4) is 22.4 Å². The number of pyridine rings is 1. The molecule has 0 aromatic carbocycles. The highest BCUT2D eigenvalue weighted by atomic mass is 32.1. The summed E-state index contributed by atoms with van der Waals surface area (Å²) < 4.78 is 18.3. The molecule has 5 heterocycles. The fourth-order valence-electron chi connectivity index (χ4n) is 8.05. The Bertz CT molecular complexity index is 1600. The molecule has 9 atom stereocenters. The number of thiophene rings is 1. The van der Waals surface area contributed by atoms with Gasteiger partial charge in [0.2, 0.25) is 0 Å². The van der Waals surface area contributed by atoms with Gasteiger partial charge in [-0.3, -0.25) is 29.1 Å². The van der Waals surface area contributed by atoms with Crippen LogP contribution in [0.2, 0.25) is 0 Å². The third-order valence-corrected chi connectivity index (χ3v) is 11.2. The van der Waals surface area contributed by atoms with Gasteiger partial charge in [-0.1, -0.05) is 45.6 Å². The molecule has 250 valence electrons. The van der Waals surface area contributed by atoms with Crippen LogP contribution >= 0.6 is 11.3 Å². The maximum absolute atomic E-state index is 14.5. The maximum Gasteiger partial charge on any atom is 0.324 e. The van der Waals surface area contributed by atoms with Gasteiger partial charge < -0.3 is 14.2 Å². The molecule has 2 aromatic heterocycles. The fraction of sp³-hybridized carbons (Fsp3) is 0.568. The number of aromatic nitrogens is 1. The number of hydrogen-bond acceptors (Lipinski definition) is 10. The SMILES string of the molecule is CC[C@H]1OC(=O)[C@H](C)C(=O)[C@H](C)[C][C@](C)(OCC#Cc2ccc(-c3ccccn3)s2)C[C@@H](C)C(=O)[C@]2(C)CN(C)[C@H]3C(=O)O[C@@]1(C)[C@H]32. The van der Waals surface area contributed by atoms with E-state index in [2.05, 4.69) is 23.2 Å². The molecule has 3 aliphatic rings. The number of likely N-dealkylation sites (tertiary alicyclic amines) is 1. The van der Waals surface area contributed by atoms with Crippen molar-refractivity contribution in [2.75, 3.05) is 20.2 Å². The van der Waals surface area contributed by atoms with E-state index in [4.69, 9.17) is 14.2 Å². The van der Waals surface area contributed by atoms with Crippen LogP contribution in [0.15, 0.2) is 36.5 Å². The van der Waals surface area contributed by atoms with E-state index in [0.717, 1.165) is 15.4 Å². The molecule has 9 nitrogen and oxygen atoms in total. The first-order valence-corrected chi connectivity index (χ1v) is 17.1. The van der Waals surface area contributed by atoms with Crippen LogP contribution in [0, 0.1) is 47.3 Å². The van der Waals surface area contributed by atoms with E-state index < -0.39 is 64.4 Å². The molecule has 0 amide bonds. The highest BCUT2D eigenvalue weighted by Crippen LogP contribution is 2.55. The Hall–Kier alpha value is -3.39. The summed E-state index contributed by atoms with van der Waals surface area (Å²) >= 11 is 1.53. The molecule has 3 fully saturated rings. The first-order valence-electron chi connectivity index (χ1n) is 16.3. The van der Waals surface area contributed by atoms with Crippen molar-refractivity contribution in [2.24, 2.45) is 29.1 Å². The lowest BCUT2D eigenvalue weighted by molar-refractivity contribution is -0.186. The number of likely N-dealkylation sites (N-methyl/N-ethyl adjacent to an activating group) is 1. The van der Waals surface area contributed by atoms with Gasteiger partial charge in [-0.25, -0.2) is 0 Å². The average molecular weight is 661 g/mol. The van der Waals surface area contributed by atoms with Crippen LogP contribution in [0.1, 0.15) is 66.2 Å². The Morgan fingerprint density at radius 1 is 1.09 bits per heavy atom. The van der Waals surface area contributed by atoms with Gasteiger partial charge in [0, 0.05) is 42.3 Å². The monoisotopic (exact) mass is 660 g/mol. The predicted molar refractivity (Wildman–Crippen MR) is 177 cm³/mol. The van der Waals surface area contributed by atoms with Crippen LogP contribution in [0.5, 0.6) is 0 Å². The number of Topliss-reactive ketones (excluding diaryl/α,β-unsaturated/α-hetero) is 2. The summed E-state index contributed by atoms with van der Waals surface area (Å²) in [6, 6.07) is 9.01. The second-order valence-electron chi connectivity index (χ2n) is 13.9. The van der Waals surface area contributed by atoms with Crippen molar-refractivity contribution < 1.29 is 33.4 Å². The number of nitrogens with zero attached hydrogens (tertiary/aromatic N) is 2. The number of ether oxygens (including phenoxy) is 3. The standard InChI is InChI=1S/C37H44N2O7S/c1-9-28-37(7)31-29(34(43)46-37)39(8)21-36(31,6)32(41)23(3)20-35(5,19-22(2)30(40)24(4)33(42)45-28)44-18-12-13-25-15-16-27(47-25)26-14-10-11-17-38-26/h10-11,14-17,22-24,28-29,31H,9,18,20-21H2,1-8H3/t22-,23-,24-,28-,29-,31-,35+,36-,37-/m1/s1. The summed E-state index contributed by atoms with van der Waals surface area (Å²) in [4.78, 5) is 62.9. The summed E-state index contributed by atoms with van der Waals surface area (Å²) in [5.74, 6) is 1.68. The van der Waals surface area contributed by atoms with E-state index in [1.807, 2.05) is 63.1 Å². The van der Waals surface area contributed by atoms with Crippen molar-refractivity contribution in [1.82, 2.24) is 9.88 Å². The third kappa shape index (κ3) is 6.55. The van der Waals surface area contributed by atoms with Gasteiger partial charge in [0.1, 0.15) is 36.2 Å². The minimum Gasteiger partial charge on any atom is -0.458 e. The first kappa shape index (κ1) is 34.9. The van der Waals surface area contributed by atoms with Gasteiger partial charge in [-0.15, -0.1) is 11.3 Å². The van der Waals surface area contributed by atoms with Crippen LogP contribution in [-0.2, 0) is 33.4 Å². The second kappa shape index (κ2) is 13.3. The van der Waals surface area contributed by atoms with Gasteiger partial charge in [0.05, 0.1) is 21.0 Å². The van der Waals surface area contributed by atoms with Gasteiger partial charge in [0.15, 0.2) is 5.60 Å². The molecule has 5 rings (SSSR count). The molecule has 3 aliphatic heterocycles. The van der Waals surface area contributed by atoms with Crippen LogP contribution in [0.3, 0.4) is 0 Å². The lowest BCUT2D eigenvalue weighted by atomic mass is 9.62. The summed E-state index contributed by atoms with van der Waals surface area (Å²) in [6.45, 7) is 12.7. The number of rotatable bonds is 4. The summed E-state index contributed by atoms with van der Waals surface area (Å²) in [5.41, 5.74) is -2.52. The minimum absolute atomic E-state index is 0.0308. The molecule has 0 saturated carbocycles. The Morgan fingerprint density at radius 2 is 1.83 bits per heavy atom. The Labute approximate surface area is 281 Å². The molecular weight excluding hydrogens is 616 g/mol. The molecule has 47 heavy (non-hydrogen) atoms. The molecule has 2 aromatic rings. The molecule has 0 spiro atoms. The molecular formula is C37H44N2O7S. The van der Waals surface area contributed by atoms with Crippen molar-refractivity contribution in [3.63, 3.8) is 0 Å². The average Bonchev–Trinajstić information content (AvgIpc) is 3.70. The van der Waals surface area contributed by atoms with Gasteiger partial charge in [-0.2, -0.15) is 0 Å². The largest absolute Gasteiger partial charge is 0.458 e. The Morgan fingerprint density at radius 3 is 2.51 bits per heavy atom. The Balaban J connectivity index is 1.44. The third-order valence-electron chi connectivity index (χ3n) is 10.1. The van der Waals surface area contributed by atoms with Crippen LogP contribution in [0.25, 0.3) is 10.6 Å². The topological polar surface area (TPSA) is 112 Å². The molecule has 0 unspecified atom stereocenters. The molecule has 2 radical (unpaired) electrons. The molecule has 0 N–H and O–H groups in total. The van der Waals surface area contributed by atoms with Crippen molar-refractivity contribution >= 4 is 34.8 Å². The summed E-state index contributed by atoms with van der Waals surface area (Å²) in [7, 11) is 1.82. The van der Waals surface area contributed by atoms with Gasteiger partial charge >= 0.3 is 11.9 Å². The minimum atomic E-state index is -1.26. The normalized spacial score (nSPS) is 36.6. The molecule has 10 heteroatoms. The molecule has 0 aliphatic carbocycles. The zero-order chi connectivity index (χ0) is 34.3. The van der Waals surface area contributed by atoms with Crippen molar-refractivity contribution in [1.29, 1.82) is 0 Å². The Kier molecular flexibility index (Phi) is 9.85. The second-order valence-corrected chi connectivity index (χ2v) is 14.9. The highest BCUT2D eigenvalue weighted by molar-refractivity contribution is 7.16. The fourth-order valence-corrected chi connectivity index (χ4v) is 8.91. The lowest BCUT2D eigenvalue weighted by Crippen LogP contribution is -2.56. The zero-order valence-electron chi connectivity index (χ0n) is 28.4. The van der Waals surface area contributed by atoms with E-state index in [-0.39, 0.29) is 24.6 Å². The number of ketones is 2. The summed E-state index contributed by atoms with van der Waals surface area (Å²) in [5, 5.41) is 0. The number of cyclic esters (lactones) is 1. The number of esters is 2. The van der Waals surface area contributed by atoms with Crippen LogP contribution in [-0.4, -0.2) is 76.9 Å². The van der Waals surface area contributed by atoms with E-state index in [0.29, 0.717) is 13.0 Å². The number of hydrogen-bond donors (Lipinski definition) is 0. The zero-order valence-corrected chi connectivity index (χ0v) is 29.2. The van der Waals surface area contributed by atoms with Crippen LogP contribution < -0.4 is 0 Å². The van der Waals surface area contributed by atoms with E-state index in [9.17, 15) is 19.2 Å². The van der Waals surface area contributed by atoms with E-state index in [1.54, 1.807) is 27.0 Å². The number of carbonyl (C=O) groups is 4. The highest BCUT2D eigenvalue weighted by Gasteiger charge is 2.70. The lowest BCUT2D eigenvalue weighted by Gasteiger charge is -2.43. The van der Waals surface area contributed by atoms with E-state index in [1.165, 1.54) is 18.3 Å². The van der Waals surface area contributed by atoms with Gasteiger partial charge in [0.25, 0.3) is 0 Å². The van der Waals surface area contributed by atoms with Crippen molar-refractivity contribution in [3.05, 3.63) is 47.8 Å². The molecule has 0 bridgehead atoms. The predicted octanol–water partition coefficient (Wildman–Crippen LogP) is 5.04. The molecule has 3 saturated heterocycles. The van der Waals surface area contributed by atoms with E-state index >= 15 is 0 Å². The van der Waals surface area contributed by atoms with Crippen LogP contribution in [0.4, 0.5) is 0 Å². The van der Waals surface area contributed by atoms with Crippen molar-refractivity contribution in [2.45, 2.75) is 84.7 Å².